The Balaban J connectivity index is 2.47. The minimum Gasteiger partial charge on any atom is -0.382 e. The van der Waals surface area contributed by atoms with Crippen molar-refractivity contribution in [3.8, 4) is 0 Å². The molecule has 1 aromatic carbocycles. The number of benzene rings is 1. The molecule has 108 valence electrons. The van der Waals surface area contributed by atoms with E-state index in [2.05, 4.69) is 4.72 Å². The predicted molar refractivity (Wildman–Crippen MR) is 76.0 cm³/mol. The smallest absolute Gasteiger partial charge is 0.234 e. The number of hydrogen-bond donors (Lipinski definition) is 1. The molecule has 6 heteroatoms. The molecule has 0 amide bonds. The Morgan fingerprint density at radius 2 is 1.84 bits per heavy atom. The van der Waals surface area contributed by atoms with Gasteiger partial charge in [0.1, 0.15) is 0 Å². The van der Waals surface area contributed by atoms with Gasteiger partial charge in [-0.1, -0.05) is 6.07 Å². The van der Waals surface area contributed by atoms with Crippen LogP contribution in [0.1, 0.15) is 11.1 Å². The van der Waals surface area contributed by atoms with Crippen molar-refractivity contribution >= 4 is 15.7 Å². The molecule has 0 unspecified atom stereocenters. The summed E-state index contributed by atoms with van der Waals surface area (Å²) in [6, 6.07) is 5.46. The number of anilines is 1. The number of sulfonamides is 1. The summed E-state index contributed by atoms with van der Waals surface area (Å²) >= 11 is 0. The van der Waals surface area contributed by atoms with Crippen LogP contribution in [0, 0.1) is 13.8 Å². The molecule has 0 aromatic heterocycles. The largest absolute Gasteiger partial charge is 0.382 e. The van der Waals surface area contributed by atoms with E-state index >= 15 is 0 Å². The van der Waals surface area contributed by atoms with Gasteiger partial charge in [-0.05, 0) is 37.1 Å². The highest BCUT2D eigenvalue weighted by molar-refractivity contribution is 7.92. The summed E-state index contributed by atoms with van der Waals surface area (Å²) in [7, 11) is -1.80. The minimum atomic E-state index is -3.37. The van der Waals surface area contributed by atoms with Crippen molar-refractivity contribution in [3.63, 3.8) is 0 Å². The molecule has 0 aliphatic heterocycles. The highest BCUT2D eigenvalue weighted by atomic mass is 32.2. The zero-order valence-electron chi connectivity index (χ0n) is 11.6. The van der Waals surface area contributed by atoms with Crippen molar-refractivity contribution in [2.45, 2.75) is 13.8 Å². The summed E-state index contributed by atoms with van der Waals surface area (Å²) < 4.78 is 36.1. The number of nitrogens with one attached hydrogen (secondary N) is 1. The van der Waals surface area contributed by atoms with Gasteiger partial charge in [0.05, 0.1) is 25.6 Å². The van der Waals surface area contributed by atoms with Gasteiger partial charge in [-0.3, -0.25) is 4.72 Å². The molecule has 0 saturated heterocycles. The van der Waals surface area contributed by atoms with Gasteiger partial charge in [-0.2, -0.15) is 0 Å². The maximum absolute atomic E-state index is 11.8. The number of methoxy groups -OCH3 is 1. The third-order valence-corrected chi connectivity index (χ3v) is 3.96. The third-order valence-electron chi connectivity index (χ3n) is 2.71. The topological polar surface area (TPSA) is 64.6 Å². The van der Waals surface area contributed by atoms with Crippen LogP contribution in [0.25, 0.3) is 0 Å². The standard InChI is InChI=1S/C13H21NO4S/c1-11-4-5-13(10-12(11)2)14-19(15,16)9-8-18-7-6-17-3/h4-5,10,14H,6-9H2,1-3H3. The van der Waals surface area contributed by atoms with Crippen LogP contribution >= 0.6 is 0 Å². The molecule has 0 bridgehead atoms. The summed E-state index contributed by atoms with van der Waals surface area (Å²) in [5.41, 5.74) is 2.77. The van der Waals surface area contributed by atoms with Gasteiger partial charge >= 0.3 is 0 Å². The van der Waals surface area contributed by atoms with Crippen LogP contribution in [0.3, 0.4) is 0 Å². The van der Waals surface area contributed by atoms with Crippen molar-refractivity contribution in [1.82, 2.24) is 0 Å². The predicted octanol–water partition coefficient (Wildman–Crippen LogP) is 1.71. The highest BCUT2D eigenvalue weighted by Gasteiger charge is 2.10. The Bertz CT molecular complexity index is 499. The average molecular weight is 287 g/mol. The molecule has 0 aliphatic carbocycles. The maximum Gasteiger partial charge on any atom is 0.234 e. The molecule has 0 fully saturated rings. The lowest BCUT2D eigenvalue weighted by molar-refractivity contribution is 0.0785. The van der Waals surface area contributed by atoms with Crippen LogP contribution < -0.4 is 4.72 Å². The van der Waals surface area contributed by atoms with Gasteiger partial charge in [-0.15, -0.1) is 0 Å². The van der Waals surface area contributed by atoms with Crippen LogP contribution in [-0.2, 0) is 19.5 Å². The number of rotatable bonds is 8. The van der Waals surface area contributed by atoms with Gasteiger partial charge in [0.25, 0.3) is 0 Å². The quantitative estimate of drug-likeness (QED) is 0.739. The highest BCUT2D eigenvalue weighted by Crippen LogP contribution is 2.15. The SMILES string of the molecule is COCCOCCS(=O)(=O)Nc1ccc(C)c(C)c1. The summed E-state index contributed by atoms with van der Waals surface area (Å²) in [5.74, 6) is -0.0658. The lowest BCUT2D eigenvalue weighted by atomic mass is 10.1. The summed E-state index contributed by atoms with van der Waals surface area (Å²) in [5, 5.41) is 0. The van der Waals surface area contributed by atoms with E-state index in [1.807, 2.05) is 26.0 Å². The number of ether oxygens (including phenoxy) is 2. The van der Waals surface area contributed by atoms with E-state index in [-0.39, 0.29) is 12.4 Å². The lowest BCUT2D eigenvalue weighted by Gasteiger charge is -2.10. The molecule has 0 spiro atoms. The Hall–Kier alpha value is -1.11. The molecule has 0 radical (unpaired) electrons. The molecule has 0 heterocycles. The normalized spacial score (nSPS) is 11.5. The Morgan fingerprint density at radius 1 is 1.11 bits per heavy atom. The van der Waals surface area contributed by atoms with E-state index in [0.29, 0.717) is 18.9 Å². The molecule has 5 nitrogen and oxygen atoms in total. The molecule has 0 aliphatic rings. The molecular formula is C13H21NO4S. The van der Waals surface area contributed by atoms with Gasteiger partial charge < -0.3 is 9.47 Å². The first-order valence-corrected chi connectivity index (χ1v) is 7.74. The zero-order chi connectivity index (χ0) is 14.3. The first-order valence-electron chi connectivity index (χ1n) is 6.09. The fraction of sp³-hybridized carbons (Fsp3) is 0.538. The van der Waals surface area contributed by atoms with Gasteiger partial charge in [0.15, 0.2) is 0 Å². The van der Waals surface area contributed by atoms with E-state index in [9.17, 15) is 8.42 Å². The van der Waals surface area contributed by atoms with E-state index in [1.165, 1.54) is 0 Å². The van der Waals surface area contributed by atoms with Crippen molar-refractivity contribution in [2.75, 3.05) is 37.4 Å². The van der Waals surface area contributed by atoms with Gasteiger partial charge in [0, 0.05) is 12.8 Å². The van der Waals surface area contributed by atoms with Crippen molar-refractivity contribution in [3.05, 3.63) is 29.3 Å². The maximum atomic E-state index is 11.8. The second-order valence-electron chi connectivity index (χ2n) is 4.33. The lowest BCUT2D eigenvalue weighted by Crippen LogP contribution is -2.21. The molecular weight excluding hydrogens is 266 g/mol. The minimum absolute atomic E-state index is 0.0658. The molecule has 1 rings (SSSR count). The molecule has 1 N–H and O–H groups in total. The van der Waals surface area contributed by atoms with Gasteiger partial charge in [0.2, 0.25) is 10.0 Å². The van der Waals surface area contributed by atoms with Crippen molar-refractivity contribution in [1.29, 1.82) is 0 Å². The van der Waals surface area contributed by atoms with Crippen LogP contribution in [0.2, 0.25) is 0 Å². The monoisotopic (exact) mass is 287 g/mol. The fourth-order valence-corrected chi connectivity index (χ4v) is 2.37. The second kappa shape index (κ2) is 7.47. The summed E-state index contributed by atoms with van der Waals surface area (Å²) in [4.78, 5) is 0. The average Bonchev–Trinajstić information content (AvgIpc) is 2.33. The Labute approximate surface area is 115 Å². The van der Waals surface area contributed by atoms with Crippen molar-refractivity contribution < 1.29 is 17.9 Å². The molecule has 0 atom stereocenters. The zero-order valence-corrected chi connectivity index (χ0v) is 12.4. The van der Waals surface area contributed by atoms with E-state index < -0.39 is 10.0 Å². The third kappa shape index (κ3) is 6.04. The van der Waals surface area contributed by atoms with Crippen LogP contribution in [0.5, 0.6) is 0 Å². The van der Waals surface area contributed by atoms with Crippen LogP contribution in [-0.4, -0.2) is 41.1 Å². The molecule has 1 aromatic rings. The fourth-order valence-electron chi connectivity index (χ4n) is 1.45. The first kappa shape index (κ1) is 15.9. The van der Waals surface area contributed by atoms with E-state index in [0.717, 1.165) is 11.1 Å². The number of aryl methyl sites for hydroxylation is 2. The second-order valence-corrected chi connectivity index (χ2v) is 6.17. The summed E-state index contributed by atoms with van der Waals surface area (Å²) in [6.45, 7) is 4.95. The van der Waals surface area contributed by atoms with E-state index in [4.69, 9.17) is 9.47 Å². The number of hydrogen-bond acceptors (Lipinski definition) is 4. The Kier molecular flexibility index (Phi) is 6.27. The first-order chi connectivity index (χ1) is 8.94. The van der Waals surface area contributed by atoms with Crippen molar-refractivity contribution in [2.24, 2.45) is 0 Å². The van der Waals surface area contributed by atoms with Crippen LogP contribution in [0.15, 0.2) is 18.2 Å². The molecule has 0 saturated carbocycles. The molecule has 19 heavy (non-hydrogen) atoms. The summed E-state index contributed by atoms with van der Waals surface area (Å²) in [6.07, 6.45) is 0. The Morgan fingerprint density at radius 3 is 2.47 bits per heavy atom. The van der Waals surface area contributed by atoms with Crippen LogP contribution in [0.4, 0.5) is 5.69 Å². The van der Waals surface area contributed by atoms with E-state index in [1.54, 1.807) is 13.2 Å². The van der Waals surface area contributed by atoms with Gasteiger partial charge in [-0.25, -0.2) is 8.42 Å².